The van der Waals surface area contributed by atoms with Crippen LogP contribution in [-0.2, 0) is 6.18 Å². The van der Waals surface area contributed by atoms with Crippen molar-refractivity contribution >= 4 is 22.7 Å². The Balaban J connectivity index is 2.29. The quantitative estimate of drug-likeness (QED) is 0.945. The molecule has 0 aliphatic heterocycles. The predicted molar refractivity (Wildman–Crippen MR) is 64.0 cm³/mol. The molecule has 2 rings (SSSR count). The third-order valence-electron chi connectivity index (χ3n) is 2.23. The second-order valence-corrected chi connectivity index (χ2v) is 5.41. The summed E-state index contributed by atoms with van der Waals surface area (Å²) in [4.78, 5) is 4.40. The lowest BCUT2D eigenvalue weighted by Crippen LogP contribution is -2.09. The maximum absolute atomic E-state index is 12.4. The number of nitrogens with zero attached hydrogens (tertiary/aromatic N) is 1. The lowest BCUT2D eigenvalue weighted by atomic mass is 10.2. The van der Waals surface area contributed by atoms with Crippen molar-refractivity contribution in [1.29, 1.82) is 0 Å². The summed E-state index contributed by atoms with van der Waals surface area (Å²) < 4.78 is 42.4. The van der Waals surface area contributed by atoms with E-state index in [0.29, 0.717) is 26.8 Å². The number of aromatic nitrogens is 1. The number of thiophene rings is 1. The third-order valence-corrected chi connectivity index (χ3v) is 4.34. The van der Waals surface area contributed by atoms with Gasteiger partial charge in [-0.3, -0.25) is 0 Å². The van der Waals surface area contributed by atoms with Crippen molar-refractivity contribution in [1.82, 2.24) is 4.98 Å². The number of methoxy groups -OCH3 is 1. The van der Waals surface area contributed by atoms with Crippen molar-refractivity contribution in [2.75, 3.05) is 7.11 Å². The van der Waals surface area contributed by atoms with E-state index in [1.165, 1.54) is 18.4 Å². The first-order chi connectivity index (χ1) is 8.43. The predicted octanol–water partition coefficient (Wildman–Crippen LogP) is 3.28. The van der Waals surface area contributed by atoms with Crippen molar-refractivity contribution < 1.29 is 17.9 Å². The molecule has 0 aliphatic carbocycles. The van der Waals surface area contributed by atoms with Gasteiger partial charge in [0.05, 0.1) is 18.0 Å². The average molecular weight is 294 g/mol. The van der Waals surface area contributed by atoms with Gasteiger partial charge in [0.15, 0.2) is 5.01 Å². The molecule has 2 N–H and O–H groups in total. The van der Waals surface area contributed by atoms with Crippen LogP contribution in [0.15, 0.2) is 17.6 Å². The highest BCUT2D eigenvalue weighted by molar-refractivity contribution is 7.12. The molecule has 3 nitrogen and oxygen atoms in total. The van der Waals surface area contributed by atoms with Gasteiger partial charge in [-0.25, -0.2) is 4.98 Å². The number of thiazole rings is 1. The second-order valence-electron chi connectivity index (χ2n) is 3.40. The Morgan fingerprint density at radius 1 is 1.44 bits per heavy atom. The molecule has 0 fully saturated rings. The lowest BCUT2D eigenvalue weighted by molar-refractivity contribution is -0.137. The first-order valence-electron chi connectivity index (χ1n) is 4.83. The van der Waals surface area contributed by atoms with E-state index in [4.69, 9.17) is 10.5 Å². The first kappa shape index (κ1) is 13.3. The number of halogens is 3. The zero-order valence-corrected chi connectivity index (χ0v) is 10.8. The number of ether oxygens (including phenoxy) is 1. The van der Waals surface area contributed by atoms with Crippen molar-refractivity contribution in [3.05, 3.63) is 32.4 Å². The van der Waals surface area contributed by atoms with Gasteiger partial charge in [-0.05, 0) is 11.4 Å². The van der Waals surface area contributed by atoms with Gasteiger partial charge in [-0.1, -0.05) is 0 Å². The SMILES string of the molecule is COc1ccsc1C(N)c1cnc(C(F)(F)F)s1. The summed E-state index contributed by atoms with van der Waals surface area (Å²) >= 11 is 1.90. The van der Waals surface area contributed by atoms with Crippen molar-refractivity contribution in [3.8, 4) is 5.75 Å². The molecule has 98 valence electrons. The molecule has 0 bridgehead atoms. The molecule has 8 heteroatoms. The van der Waals surface area contributed by atoms with Crippen LogP contribution in [0.25, 0.3) is 0 Å². The molecule has 0 amide bonds. The van der Waals surface area contributed by atoms with Crippen LogP contribution in [0, 0.1) is 0 Å². The molecule has 2 heterocycles. The van der Waals surface area contributed by atoms with E-state index in [0.717, 1.165) is 6.20 Å². The molecule has 0 saturated carbocycles. The fourth-order valence-electron chi connectivity index (χ4n) is 1.40. The minimum atomic E-state index is -4.43. The molecule has 2 aromatic rings. The highest BCUT2D eigenvalue weighted by Crippen LogP contribution is 2.38. The zero-order valence-electron chi connectivity index (χ0n) is 9.19. The van der Waals surface area contributed by atoms with Gasteiger partial charge in [0, 0.05) is 11.1 Å². The molecule has 1 unspecified atom stereocenters. The van der Waals surface area contributed by atoms with E-state index < -0.39 is 17.2 Å². The molecule has 0 radical (unpaired) electrons. The minimum absolute atomic E-state index is 0.364. The lowest BCUT2D eigenvalue weighted by Gasteiger charge is -2.09. The van der Waals surface area contributed by atoms with Gasteiger partial charge < -0.3 is 10.5 Å². The molecule has 0 saturated heterocycles. The van der Waals surface area contributed by atoms with Gasteiger partial charge in [0.1, 0.15) is 5.75 Å². The Hall–Kier alpha value is -1.12. The molecular formula is C10H9F3N2OS2. The Kier molecular flexibility index (Phi) is 3.60. The Morgan fingerprint density at radius 2 is 2.17 bits per heavy atom. The van der Waals surface area contributed by atoms with Crippen LogP contribution in [-0.4, -0.2) is 12.1 Å². The first-order valence-corrected chi connectivity index (χ1v) is 6.53. The fourth-order valence-corrected chi connectivity index (χ4v) is 3.14. The zero-order chi connectivity index (χ0) is 13.3. The average Bonchev–Trinajstić information content (AvgIpc) is 2.96. The largest absolute Gasteiger partial charge is 0.496 e. The van der Waals surface area contributed by atoms with E-state index in [9.17, 15) is 13.2 Å². The van der Waals surface area contributed by atoms with Gasteiger partial charge in [0.2, 0.25) is 0 Å². The molecule has 0 spiro atoms. The molecule has 0 aromatic carbocycles. The molecule has 1 atom stereocenters. The van der Waals surface area contributed by atoms with Crippen molar-refractivity contribution in [2.24, 2.45) is 5.73 Å². The summed E-state index contributed by atoms with van der Waals surface area (Å²) in [6.07, 6.45) is -3.26. The summed E-state index contributed by atoms with van der Waals surface area (Å²) in [6, 6.07) is 1.08. The van der Waals surface area contributed by atoms with E-state index in [2.05, 4.69) is 4.98 Å². The summed E-state index contributed by atoms with van der Waals surface area (Å²) in [7, 11) is 1.49. The van der Waals surface area contributed by atoms with Gasteiger partial charge >= 0.3 is 6.18 Å². The molecule has 18 heavy (non-hydrogen) atoms. The smallest absolute Gasteiger partial charge is 0.443 e. The number of alkyl halides is 3. The van der Waals surface area contributed by atoms with Crippen molar-refractivity contribution in [2.45, 2.75) is 12.2 Å². The molecule has 0 aliphatic rings. The summed E-state index contributed by atoms with van der Waals surface area (Å²) in [5, 5.41) is 0.892. The van der Waals surface area contributed by atoms with Crippen LogP contribution in [0.1, 0.15) is 20.8 Å². The van der Waals surface area contributed by atoms with Crippen LogP contribution >= 0.6 is 22.7 Å². The van der Waals surface area contributed by atoms with E-state index >= 15 is 0 Å². The normalized spacial score (nSPS) is 13.6. The van der Waals surface area contributed by atoms with Crippen LogP contribution in [0.2, 0.25) is 0 Å². The van der Waals surface area contributed by atoms with E-state index in [1.807, 2.05) is 0 Å². The summed E-state index contributed by atoms with van der Waals surface area (Å²) in [5.41, 5.74) is 5.93. The highest BCUT2D eigenvalue weighted by Gasteiger charge is 2.35. The molecular weight excluding hydrogens is 285 g/mol. The Labute approximate surface area is 109 Å². The summed E-state index contributed by atoms with van der Waals surface area (Å²) in [6.45, 7) is 0. The highest BCUT2D eigenvalue weighted by atomic mass is 32.1. The number of hydrogen-bond acceptors (Lipinski definition) is 5. The maximum atomic E-state index is 12.4. The van der Waals surface area contributed by atoms with Crippen molar-refractivity contribution in [3.63, 3.8) is 0 Å². The van der Waals surface area contributed by atoms with Crippen LogP contribution in [0.3, 0.4) is 0 Å². The van der Waals surface area contributed by atoms with E-state index in [-0.39, 0.29) is 0 Å². The standard InChI is InChI=1S/C10H9F3N2OS2/c1-16-5-2-3-17-8(5)7(14)6-4-15-9(18-6)10(11,12)13/h2-4,7H,14H2,1H3. The number of nitrogens with two attached hydrogens (primary N) is 1. The molecule has 2 aromatic heterocycles. The van der Waals surface area contributed by atoms with Gasteiger partial charge in [-0.2, -0.15) is 13.2 Å². The number of hydrogen-bond donors (Lipinski definition) is 1. The maximum Gasteiger partial charge on any atom is 0.443 e. The Bertz CT molecular complexity index is 535. The summed E-state index contributed by atoms with van der Waals surface area (Å²) in [5.74, 6) is 0.578. The number of rotatable bonds is 3. The van der Waals surface area contributed by atoms with Crippen LogP contribution in [0.4, 0.5) is 13.2 Å². The Morgan fingerprint density at radius 3 is 2.72 bits per heavy atom. The topological polar surface area (TPSA) is 48.1 Å². The van der Waals surface area contributed by atoms with E-state index in [1.54, 1.807) is 11.4 Å². The minimum Gasteiger partial charge on any atom is -0.496 e. The van der Waals surface area contributed by atoms with Gasteiger partial charge in [-0.15, -0.1) is 22.7 Å². The van der Waals surface area contributed by atoms with Gasteiger partial charge in [0.25, 0.3) is 0 Å². The fraction of sp³-hybridized carbons (Fsp3) is 0.300. The second kappa shape index (κ2) is 4.87. The van der Waals surface area contributed by atoms with Crippen LogP contribution in [0.5, 0.6) is 5.75 Å². The van der Waals surface area contributed by atoms with Crippen LogP contribution < -0.4 is 10.5 Å². The monoisotopic (exact) mass is 294 g/mol. The third kappa shape index (κ3) is 2.50.